The number of hydrogen-bond donors (Lipinski definition) is 0. The molecule has 3 heteroatoms. The van der Waals surface area contributed by atoms with Gasteiger partial charge in [-0.2, -0.15) is 0 Å². The lowest BCUT2D eigenvalue weighted by atomic mass is 10.2. The second kappa shape index (κ2) is 4.04. The van der Waals surface area contributed by atoms with E-state index in [1.54, 1.807) is 0 Å². The molecule has 0 saturated carbocycles. The van der Waals surface area contributed by atoms with Crippen LogP contribution in [-0.2, 0) is 5.11 Å². The van der Waals surface area contributed by atoms with E-state index in [9.17, 15) is 5.11 Å². The van der Waals surface area contributed by atoms with Crippen molar-refractivity contribution in [1.82, 2.24) is 9.80 Å². The summed E-state index contributed by atoms with van der Waals surface area (Å²) in [4.78, 5) is 4.49. The predicted molar refractivity (Wildman–Crippen MR) is 44.1 cm³/mol. The maximum Gasteiger partial charge on any atom is 0.0949 e. The largest absolute Gasteiger partial charge is 0.305 e. The lowest BCUT2D eigenvalue weighted by Gasteiger charge is -2.19. The normalized spacial score (nSPS) is 26.7. The van der Waals surface area contributed by atoms with Gasteiger partial charge in [0.2, 0.25) is 0 Å². The highest BCUT2D eigenvalue weighted by Crippen LogP contribution is 2.11. The first-order chi connectivity index (χ1) is 5.24. The number of hydrogen-bond acceptors (Lipinski definition) is 2. The fourth-order valence-electron chi connectivity index (χ4n) is 1.57. The van der Waals surface area contributed by atoms with Crippen molar-refractivity contribution in [3.63, 3.8) is 0 Å². The van der Waals surface area contributed by atoms with Gasteiger partial charge in [-0.3, -0.25) is 4.90 Å². The Morgan fingerprint density at radius 1 is 1.55 bits per heavy atom. The van der Waals surface area contributed by atoms with Gasteiger partial charge in [0.05, 0.1) is 6.61 Å². The molecule has 1 aliphatic heterocycles. The Balaban J connectivity index is 2.23. The molecule has 1 aliphatic rings. The summed E-state index contributed by atoms with van der Waals surface area (Å²) in [5.74, 6) is 0. The molecule has 0 spiro atoms. The van der Waals surface area contributed by atoms with E-state index in [-0.39, 0.29) is 6.61 Å². The SMILES string of the molecule is CN(C)C1CCN(CC[O])C1. The summed E-state index contributed by atoms with van der Waals surface area (Å²) < 4.78 is 0. The third kappa shape index (κ3) is 2.43. The van der Waals surface area contributed by atoms with Crippen molar-refractivity contribution in [2.45, 2.75) is 12.5 Å². The molecule has 1 unspecified atom stereocenters. The van der Waals surface area contributed by atoms with E-state index in [1.807, 2.05) is 0 Å². The van der Waals surface area contributed by atoms with E-state index in [2.05, 4.69) is 23.9 Å². The van der Waals surface area contributed by atoms with Crippen molar-refractivity contribution in [2.24, 2.45) is 0 Å². The van der Waals surface area contributed by atoms with E-state index in [1.165, 1.54) is 6.42 Å². The molecular weight excluding hydrogens is 140 g/mol. The summed E-state index contributed by atoms with van der Waals surface area (Å²) in [5.41, 5.74) is 0. The van der Waals surface area contributed by atoms with Crippen LogP contribution in [0.1, 0.15) is 6.42 Å². The van der Waals surface area contributed by atoms with E-state index in [0.717, 1.165) is 19.6 Å². The number of nitrogens with zero attached hydrogens (tertiary/aromatic N) is 2. The quantitative estimate of drug-likeness (QED) is 0.579. The molecule has 0 aromatic carbocycles. The molecule has 0 bridgehead atoms. The zero-order valence-electron chi connectivity index (χ0n) is 7.42. The molecule has 1 radical (unpaired) electrons. The summed E-state index contributed by atoms with van der Waals surface area (Å²) in [7, 11) is 4.21. The van der Waals surface area contributed by atoms with Crippen molar-refractivity contribution < 1.29 is 5.11 Å². The predicted octanol–water partition coefficient (Wildman–Crippen LogP) is 0.0528. The molecular formula is C8H17N2O. The zero-order valence-corrected chi connectivity index (χ0v) is 7.42. The molecule has 11 heavy (non-hydrogen) atoms. The Morgan fingerprint density at radius 3 is 2.73 bits per heavy atom. The van der Waals surface area contributed by atoms with E-state index in [0.29, 0.717) is 6.04 Å². The van der Waals surface area contributed by atoms with E-state index < -0.39 is 0 Å². The van der Waals surface area contributed by atoms with Gasteiger partial charge in [-0.1, -0.05) is 0 Å². The molecule has 0 N–H and O–H groups in total. The van der Waals surface area contributed by atoms with Crippen LogP contribution in [0.5, 0.6) is 0 Å². The average molecular weight is 157 g/mol. The molecule has 1 rings (SSSR count). The van der Waals surface area contributed by atoms with Gasteiger partial charge in [0.15, 0.2) is 0 Å². The average Bonchev–Trinajstić information content (AvgIpc) is 2.37. The first-order valence-electron chi connectivity index (χ1n) is 4.21. The van der Waals surface area contributed by atoms with Gasteiger partial charge in [-0.05, 0) is 27.1 Å². The molecule has 1 fully saturated rings. The van der Waals surface area contributed by atoms with Gasteiger partial charge in [-0.25, -0.2) is 5.11 Å². The van der Waals surface area contributed by atoms with E-state index in [4.69, 9.17) is 0 Å². The molecule has 0 aliphatic carbocycles. The molecule has 65 valence electrons. The summed E-state index contributed by atoms with van der Waals surface area (Å²) in [6, 6.07) is 0.668. The molecule has 0 amide bonds. The number of likely N-dealkylation sites (N-methyl/N-ethyl adjacent to an activating group) is 1. The number of rotatable bonds is 3. The van der Waals surface area contributed by atoms with Crippen LogP contribution < -0.4 is 0 Å². The second-order valence-corrected chi connectivity index (χ2v) is 3.41. The van der Waals surface area contributed by atoms with Crippen LogP contribution in [-0.4, -0.2) is 56.2 Å². The van der Waals surface area contributed by atoms with Gasteiger partial charge in [-0.15, -0.1) is 0 Å². The van der Waals surface area contributed by atoms with Crippen LogP contribution in [0.3, 0.4) is 0 Å². The summed E-state index contributed by atoms with van der Waals surface area (Å²) in [6.45, 7) is 2.95. The van der Waals surface area contributed by atoms with Gasteiger partial charge >= 0.3 is 0 Å². The zero-order chi connectivity index (χ0) is 8.27. The van der Waals surface area contributed by atoms with Gasteiger partial charge in [0, 0.05) is 19.1 Å². The smallest absolute Gasteiger partial charge is 0.0949 e. The molecule has 1 saturated heterocycles. The van der Waals surface area contributed by atoms with Crippen LogP contribution in [0.15, 0.2) is 0 Å². The summed E-state index contributed by atoms with van der Waals surface area (Å²) >= 11 is 0. The van der Waals surface area contributed by atoms with Crippen molar-refractivity contribution in [2.75, 3.05) is 40.3 Å². The van der Waals surface area contributed by atoms with E-state index >= 15 is 0 Å². The second-order valence-electron chi connectivity index (χ2n) is 3.41. The fraction of sp³-hybridized carbons (Fsp3) is 1.00. The van der Waals surface area contributed by atoms with Gasteiger partial charge in [0.1, 0.15) is 0 Å². The van der Waals surface area contributed by atoms with Crippen molar-refractivity contribution in [1.29, 1.82) is 0 Å². The van der Waals surface area contributed by atoms with Crippen LogP contribution in [0, 0.1) is 0 Å². The Kier molecular flexibility index (Phi) is 3.30. The van der Waals surface area contributed by atoms with Crippen molar-refractivity contribution >= 4 is 0 Å². The molecule has 0 aromatic rings. The monoisotopic (exact) mass is 157 g/mol. The van der Waals surface area contributed by atoms with Gasteiger partial charge in [0.25, 0.3) is 0 Å². The van der Waals surface area contributed by atoms with Crippen LogP contribution >= 0.6 is 0 Å². The van der Waals surface area contributed by atoms with Crippen LogP contribution in [0.4, 0.5) is 0 Å². The Labute approximate surface area is 68.6 Å². The standard InChI is InChI=1S/C8H17N2O/c1-9(2)8-3-4-10(7-8)5-6-11/h8H,3-7H2,1-2H3. The van der Waals surface area contributed by atoms with Gasteiger partial charge < -0.3 is 4.90 Å². The molecule has 3 nitrogen and oxygen atoms in total. The Hall–Kier alpha value is -0.120. The first-order valence-corrected chi connectivity index (χ1v) is 4.21. The van der Waals surface area contributed by atoms with Crippen LogP contribution in [0.25, 0.3) is 0 Å². The maximum atomic E-state index is 10.3. The molecule has 1 heterocycles. The highest BCUT2D eigenvalue weighted by molar-refractivity contribution is 4.80. The van der Waals surface area contributed by atoms with Crippen molar-refractivity contribution in [3.8, 4) is 0 Å². The third-order valence-electron chi connectivity index (χ3n) is 2.39. The Morgan fingerprint density at radius 2 is 2.27 bits per heavy atom. The maximum absolute atomic E-state index is 10.3. The fourth-order valence-corrected chi connectivity index (χ4v) is 1.57. The summed E-state index contributed by atoms with van der Waals surface area (Å²) in [6.07, 6.45) is 1.22. The lowest BCUT2D eigenvalue weighted by Crippen LogP contribution is -2.32. The minimum absolute atomic E-state index is 0.0418. The summed E-state index contributed by atoms with van der Waals surface area (Å²) in [5, 5.41) is 10.3. The highest BCUT2D eigenvalue weighted by atomic mass is 16.3. The third-order valence-corrected chi connectivity index (χ3v) is 2.39. The van der Waals surface area contributed by atoms with Crippen molar-refractivity contribution in [3.05, 3.63) is 0 Å². The lowest BCUT2D eigenvalue weighted by molar-refractivity contribution is 0.149. The van der Waals surface area contributed by atoms with Crippen LogP contribution in [0.2, 0.25) is 0 Å². The minimum atomic E-state index is 0.0418. The number of likely N-dealkylation sites (tertiary alicyclic amines) is 1. The Bertz CT molecular complexity index is 117. The first kappa shape index (κ1) is 8.97. The minimum Gasteiger partial charge on any atom is -0.305 e. The molecule has 0 aromatic heterocycles. The topological polar surface area (TPSA) is 26.4 Å². The molecule has 1 atom stereocenters. The highest BCUT2D eigenvalue weighted by Gasteiger charge is 2.22.